The lowest BCUT2D eigenvalue weighted by Crippen LogP contribution is -2.64. The Bertz CT molecular complexity index is 725. The lowest BCUT2D eigenvalue weighted by molar-refractivity contribution is -0.143. The first-order valence-electron chi connectivity index (χ1n) is 8.38. The molecule has 3 rings (SSSR count). The van der Waals surface area contributed by atoms with Gasteiger partial charge in [-0.3, -0.25) is 9.59 Å². The van der Waals surface area contributed by atoms with E-state index in [9.17, 15) is 9.59 Å². The number of nitrogens with one attached hydrogen (secondary N) is 1. The molecule has 0 saturated carbocycles. The average molecular weight is 342 g/mol. The summed E-state index contributed by atoms with van der Waals surface area (Å²) in [7, 11) is 0. The second kappa shape index (κ2) is 7.00. The highest BCUT2D eigenvalue weighted by molar-refractivity contribution is 5.88. The maximum atomic E-state index is 12.6. The van der Waals surface area contributed by atoms with Gasteiger partial charge in [0.25, 0.3) is 0 Å². The Morgan fingerprint density at radius 2 is 2.00 bits per heavy atom. The summed E-state index contributed by atoms with van der Waals surface area (Å²) in [6.45, 7) is 5.20. The number of tetrazole rings is 1. The Hall–Kier alpha value is -2.77. The van der Waals surface area contributed by atoms with Gasteiger partial charge in [-0.25, -0.2) is 4.68 Å². The molecule has 0 aliphatic carbocycles. The summed E-state index contributed by atoms with van der Waals surface area (Å²) >= 11 is 0. The molecule has 1 aliphatic heterocycles. The van der Waals surface area contributed by atoms with Gasteiger partial charge in [-0.15, -0.1) is 5.10 Å². The lowest BCUT2D eigenvalue weighted by Gasteiger charge is -2.51. The molecule has 0 radical (unpaired) electrons. The number of nitrogens with zero attached hydrogens (tertiary/aromatic N) is 5. The highest BCUT2D eigenvalue weighted by Crippen LogP contribution is 2.37. The molecular formula is C17H22N6O2. The quantitative estimate of drug-likeness (QED) is 0.819. The Kier molecular flexibility index (Phi) is 4.78. The molecule has 2 aromatic rings. The summed E-state index contributed by atoms with van der Waals surface area (Å²) in [4.78, 5) is 26.3. The van der Waals surface area contributed by atoms with E-state index in [1.165, 1.54) is 16.6 Å². The maximum absolute atomic E-state index is 12.6. The SMILES string of the molecule is CCC1(c2ccccc2)CN(C(=O)[C@@H](C)NC(=O)Cn2cnnn2)C1. The molecule has 25 heavy (non-hydrogen) atoms. The van der Waals surface area contributed by atoms with E-state index in [0.29, 0.717) is 13.1 Å². The van der Waals surface area contributed by atoms with Crippen molar-refractivity contribution >= 4 is 11.8 Å². The fraction of sp³-hybridized carbons (Fsp3) is 0.471. The molecule has 8 nitrogen and oxygen atoms in total. The van der Waals surface area contributed by atoms with Crippen LogP contribution in [0.3, 0.4) is 0 Å². The van der Waals surface area contributed by atoms with Crippen LogP contribution in [0.2, 0.25) is 0 Å². The van der Waals surface area contributed by atoms with Crippen LogP contribution in [0, 0.1) is 0 Å². The molecule has 8 heteroatoms. The summed E-state index contributed by atoms with van der Waals surface area (Å²) in [5.41, 5.74) is 1.28. The molecule has 0 unspecified atom stereocenters. The fourth-order valence-corrected chi connectivity index (χ4v) is 3.26. The third-order valence-electron chi connectivity index (χ3n) is 4.81. The Morgan fingerprint density at radius 1 is 1.28 bits per heavy atom. The molecule has 1 aromatic carbocycles. The van der Waals surface area contributed by atoms with Crippen LogP contribution < -0.4 is 5.32 Å². The molecule has 1 N–H and O–H groups in total. The lowest BCUT2D eigenvalue weighted by atomic mass is 9.71. The van der Waals surface area contributed by atoms with Gasteiger partial charge in [-0.1, -0.05) is 37.3 Å². The first-order chi connectivity index (χ1) is 12.0. The Balaban J connectivity index is 1.54. The van der Waals surface area contributed by atoms with Crippen molar-refractivity contribution in [3.8, 4) is 0 Å². The van der Waals surface area contributed by atoms with Crippen molar-refractivity contribution in [1.29, 1.82) is 0 Å². The van der Waals surface area contributed by atoms with E-state index in [2.05, 4.69) is 39.9 Å². The van der Waals surface area contributed by atoms with Crippen LogP contribution in [0.15, 0.2) is 36.7 Å². The van der Waals surface area contributed by atoms with Crippen molar-refractivity contribution in [2.45, 2.75) is 38.3 Å². The third-order valence-corrected chi connectivity index (χ3v) is 4.81. The van der Waals surface area contributed by atoms with E-state index >= 15 is 0 Å². The zero-order chi connectivity index (χ0) is 17.9. The summed E-state index contributed by atoms with van der Waals surface area (Å²) in [5, 5.41) is 13.3. The summed E-state index contributed by atoms with van der Waals surface area (Å²) in [6.07, 6.45) is 2.33. The van der Waals surface area contributed by atoms with Crippen molar-refractivity contribution in [3.05, 3.63) is 42.2 Å². The van der Waals surface area contributed by atoms with Crippen LogP contribution in [-0.4, -0.2) is 56.1 Å². The first kappa shape index (κ1) is 17.1. The second-order valence-corrected chi connectivity index (χ2v) is 6.49. The molecule has 2 heterocycles. The summed E-state index contributed by atoms with van der Waals surface area (Å²) in [5.74, 6) is -0.358. The van der Waals surface area contributed by atoms with Crippen molar-refractivity contribution in [1.82, 2.24) is 30.4 Å². The number of carbonyl (C=O) groups excluding carboxylic acids is 2. The van der Waals surface area contributed by atoms with Crippen LogP contribution in [0.1, 0.15) is 25.8 Å². The monoisotopic (exact) mass is 342 g/mol. The normalized spacial score (nSPS) is 16.8. The number of amides is 2. The van der Waals surface area contributed by atoms with Gasteiger partial charge in [0.15, 0.2) is 0 Å². The number of aromatic nitrogens is 4. The van der Waals surface area contributed by atoms with Crippen LogP contribution in [0.25, 0.3) is 0 Å². The fourth-order valence-electron chi connectivity index (χ4n) is 3.26. The van der Waals surface area contributed by atoms with Crippen LogP contribution in [0.5, 0.6) is 0 Å². The second-order valence-electron chi connectivity index (χ2n) is 6.49. The van der Waals surface area contributed by atoms with Gasteiger partial charge in [0.05, 0.1) is 0 Å². The highest BCUT2D eigenvalue weighted by Gasteiger charge is 2.45. The molecular weight excluding hydrogens is 320 g/mol. The van der Waals surface area contributed by atoms with Crippen molar-refractivity contribution < 1.29 is 9.59 Å². The van der Waals surface area contributed by atoms with Gasteiger partial charge in [0, 0.05) is 18.5 Å². The summed E-state index contributed by atoms with van der Waals surface area (Å²) < 4.78 is 1.31. The minimum absolute atomic E-state index is 0.00642. The largest absolute Gasteiger partial charge is 0.343 e. The number of hydrogen-bond acceptors (Lipinski definition) is 5. The van der Waals surface area contributed by atoms with Crippen molar-refractivity contribution in [2.24, 2.45) is 0 Å². The van der Waals surface area contributed by atoms with Gasteiger partial charge >= 0.3 is 0 Å². The minimum atomic E-state index is -0.574. The van der Waals surface area contributed by atoms with Crippen molar-refractivity contribution in [3.63, 3.8) is 0 Å². The van der Waals surface area contributed by atoms with E-state index in [4.69, 9.17) is 0 Å². The van der Waals surface area contributed by atoms with E-state index in [0.717, 1.165) is 6.42 Å². The van der Waals surface area contributed by atoms with Gasteiger partial charge in [-0.05, 0) is 29.3 Å². The molecule has 0 spiro atoms. The maximum Gasteiger partial charge on any atom is 0.244 e. The van der Waals surface area contributed by atoms with E-state index in [-0.39, 0.29) is 23.8 Å². The molecule has 1 fully saturated rings. The standard InChI is InChI=1S/C17H22N6O2/c1-3-17(14-7-5-4-6-8-14)10-22(11-17)16(25)13(2)19-15(24)9-23-12-18-20-21-23/h4-8,12-13H,3,9-11H2,1-2H3,(H,19,24)/t13-/m1/s1. The van der Waals surface area contributed by atoms with E-state index in [1.807, 2.05) is 18.2 Å². The Labute approximate surface area is 146 Å². The van der Waals surface area contributed by atoms with E-state index < -0.39 is 6.04 Å². The van der Waals surface area contributed by atoms with E-state index in [1.54, 1.807) is 11.8 Å². The number of rotatable bonds is 6. The molecule has 2 amide bonds. The number of hydrogen-bond donors (Lipinski definition) is 1. The molecule has 1 aliphatic rings. The molecule has 1 saturated heterocycles. The van der Waals surface area contributed by atoms with Gasteiger partial charge in [0.2, 0.25) is 11.8 Å². The summed E-state index contributed by atoms with van der Waals surface area (Å²) in [6, 6.07) is 9.70. The van der Waals surface area contributed by atoms with Gasteiger partial charge in [-0.2, -0.15) is 0 Å². The van der Waals surface area contributed by atoms with Gasteiger partial charge in [0.1, 0.15) is 18.9 Å². The predicted octanol–water partition coefficient (Wildman–Crippen LogP) is 0.368. The Morgan fingerprint density at radius 3 is 2.60 bits per heavy atom. The molecule has 132 valence electrons. The number of likely N-dealkylation sites (tertiary alicyclic amines) is 1. The topological polar surface area (TPSA) is 93.0 Å². The first-order valence-corrected chi connectivity index (χ1v) is 8.38. The molecule has 0 bridgehead atoms. The number of benzene rings is 1. The number of carbonyl (C=O) groups is 2. The van der Waals surface area contributed by atoms with Crippen molar-refractivity contribution in [2.75, 3.05) is 13.1 Å². The third kappa shape index (κ3) is 3.52. The van der Waals surface area contributed by atoms with Crippen LogP contribution >= 0.6 is 0 Å². The van der Waals surface area contributed by atoms with Crippen LogP contribution in [0.4, 0.5) is 0 Å². The smallest absolute Gasteiger partial charge is 0.244 e. The zero-order valence-electron chi connectivity index (χ0n) is 14.4. The predicted molar refractivity (Wildman–Crippen MR) is 90.4 cm³/mol. The zero-order valence-corrected chi connectivity index (χ0v) is 14.4. The molecule has 1 atom stereocenters. The minimum Gasteiger partial charge on any atom is -0.343 e. The van der Waals surface area contributed by atoms with Gasteiger partial charge < -0.3 is 10.2 Å². The molecule has 1 aromatic heterocycles. The van der Waals surface area contributed by atoms with Crippen LogP contribution in [-0.2, 0) is 21.5 Å². The highest BCUT2D eigenvalue weighted by atomic mass is 16.2. The average Bonchev–Trinajstić information content (AvgIpc) is 3.08.